The smallest absolute Gasteiger partial charge is 0.248 e. The summed E-state index contributed by atoms with van der Waals surface area (Å²) >= 11 is 0. The number of aliphatic hydroxyl groups excluding tert-OH is 1. The zero-order valence-corrected chi connectivity index (χ0v) is 31.7. The van der Waals surface area contributed by atoms with E-state index in [9.17, 15) is 28.7 Å². The Morgan fingerprint density at radius 1 is 0.925 bits per heavy atom. The van der Waals surface area contributed by atoms with Gasteiger partial charge in [-0.3, -0.25) is 19.2 Å². The van der Waals surface area contributed by atoms with E-state index in [4.69, 9.17) is 5.73 Å². The molecule has 2 unspecified atom stereocenters. The minimum absolute atomic E-state index is 0.0230. The number of unbranched alkanes of at least 4 members (excludes halogenated alkanes) is 2. The predicted octanol–water partition coefficient (Wildman–Crippen LogP) is 4.77. The number of hydrogen-bond donors (Lipinski definition) is 4. The molecule has 0 aliphatic heterocycles. The van der Waals surface area contributed by atoms with Crippen LogP contribution in [0.1, 0.15) is 83.5 Å². The van der Waals surface area contributed by atoms with E-state index < -0.39 is 47.6 Å². The van der Waals surface area contributed by atoms with Crippen molar-refractivity contribution in [1.82, 2.24) is 25.0 Å². The van der Waals surface area contributed by atoms with Crippen molar-refractivity contribution in [2.24, 2.45) is 11.1 Å². The lowest BCUT2D eigenvalue weighted by Gasteiger charge is -2.41. The third-order valence-electron chi connectivity index (χ3n) is 9.12. The first-order valence-electron chi connectivity index (χ1n) is 18.3. The van der Waals surface area contributed by atoms with Gasteiger partial charge in [-0.25, -0.2) is 8.78 Å². The van der Waals surface area contributed by atoms with Gasteiger partial charge >= 0.3 is 0 Å². The van der Waals surface area contributed by atoms with Crippen molar-refractivity contribution in [3.05, 3.63) is 83.7 Å². The second-order valence-corrected chi connectivity index (χ2v) is 14.4. The third kappa shape index (κ3) is 13.1. The molecule has 3 aromatic rings. The molecule has 3 rings (SSSR count). The Hall–Kier alpha value is -4.62. The highest BCUT2D eigenvalue weighted by molar-refractivity contribution is 5.82. The summed E-state index contributed by atoms with van der Waals surface area (Å²) in [5, 5.41) is 15.6. The van der Waals surface area contributed by atoms with Gasteiger partial charge in [0.05, 0.1) is 12.1 Å². The first-order chi connectivity index (χ1) is 25.2. The van der Waals surface area contributed by atoms with Crippen molar-refractivity contribution in [1.29, 1.82) is 0 Å². The fourth-order valence-corrected chi connectivity index (χ4v) is 6.32. The molecule has 0 saturated heterocycles. The summed E-state index contributed by atoms with van der Waals surface area (Å²) in [5.41, 5.74) is 7.74. The Morgan fingerprint density at radius 2 is 1.62 bits per heavy atom. The Bertz CT molecular complexity index is 1660. The molecule has 2 aromatic carbocycles. The van der Waals surface area contributed by atoms with Gasteiger partial charge in [-0.05, 0) is 54.5 Å². The molecule has 1 aromatic heterocycles. The highest BCUT2D eigenvalue weighted by atomic mass is 19.1. The van der Waals surface area contributed by atoms with Crippen LogP contribution in [-0.4, -0.2) is 89.0 Å². The molecule has 2 atom stereocenters. The van der Waals surface area contributed by atoms with E-state index in [1.807, 2.05) is 62.6 Å². The summed E-state index contributed by atoms with van der Waals surface area (Å²) in [6, 6.07) is 12.9. The second kappa shape index (κ2) is 20.6. The Kier molecular flexibility index (Phi) is 16.6. The predicted molar refractivity (Wildman–Crippen MR) is 201 cm³/mol. The standard InChI is InChI=1S/C40H56F2N6O5/c1-6-36(51)46(5)21-12-8-11-15-35(50)44-19-20-45-39(53)33(43)18-22-48(37(52)27-49)38(40(2,3)4)34-23-29(31-24-30(41)16-17-32(31)42)26-47(34)25-28-13-9-7-10-14-28/h7,9-10,13-14,16-17,23-24,26,33,38,49H,6,8,11-12,15,18-22,25,27,43H2,1-5H3,(H,44,50)(H,45,53). The molecular weight excluding hydrogens is 682 g/mol. The molecule has 11 nitrogen and oxygen atoms in total. The molecule has 5 N–H and O–H groups in total. The topological polar surface area (TPSA) is 150 Å². The molecular formula is C40H56F2N6O5. The number of hydrogen-bond acceptors (Lipinski definition) is 6. The van der Waals surface area contributed by atoms with E-state index in [0.29, 0.717) is 43.6 Å². The average molecular weight is 739 g/mol. The Labute approximate surface area is 311 Å². The molecule has 0 saturated carbocycles. The van der Waals surface area contributed by atoms with E-state index >= 15 is 4.39 Å². The average Bonchev–Trinajstić information content (AvgIpc) is 3.53. The molecule has 0 spiro atoms. The second-order valence-electron chi connectivity index (χ2n) is 14.4. The molecule has 0 bridgehead atoms. The van der Waals surface area contributed by atoms with E-state index in [-0.39, 0.29) is 43.4 Å². The van der Waals surface area contributed by atoms with E-state index in [0.717, 1.165) is 36.6 Å². The maximum Gasteiger partial charge on any atom is 0.248 e. The lowest BCUT2D eigenvalue weighted by Crippen LogP contribution is -2.48. The summed E-state index contributed by atoms with van der Waals surface area (Å²) in [5.74, 6) is -2.25. The molecule has 290 valence electrons. The first-order valence-corrected chi connectivity index (χ1v) is 18.3. The number of aliphatic hydroxyl groups is 1. The minimum Gasteiger partial charge on any atom is -0.387 e. The number of benzene rings is 2. The van der Waals surface area contributed by atoms with Crippen LogP contribution in [0.3, 0.4) is 0 Å². The number of carbonyl (C=O) groups excluding carboxylic acids is 4. The van der Waals surface area contributed by atoms with E-state index in [1.54, 1.807) is 24.2 Å². The molecule has 53 heavy (non-hydrogen) atoms. The Morgan fingerprint density at radius 3 is 2.28 bits per heavy atom. The fraction of sp³-hybridized carbons (Fsp3) is 0.500. The van der Waals surface area contributed by atoms with Gasteiger partial charge in [0.2, 0.25) is 23.6 Å². The number of carbonyl (C=O) groups is 4. The van der Waals surface area contributed by atoms with Gasteiger partial charge in [0.25, 0.3) is 0 Å². The number of nitrogens with two attached hydrogens (primary N) is 1. The van der Waals surface area contributed by atoms with Crippen molar-refractivity contribution in [3.63, 3.8) is 0 Å². The van der Waals surface area contributed by atoms with Crippen molar-refractivity contribution < 1.29 is 33.1 Å². The first kappa shape index (κ1) is 42.8. The lowest BCUT2D eigenvalue weighted by molar-refractivity contribution is -0.140. The van der Waals surface area contributed by atoms with Crippen LogP contribution in [0.5, 0.6) is 0 Å². The normalized spacial score (nSPS) is 12.5. The van der Waals surface area contributed by atoms with Gasteiger partial charge in [-0.2, -0.15) is 0 Å². The third-order valence-corrected chi connectivity index (χ3v) is 9.12. The van der Waals surface area contributed by atoms with Crippen molar-refractivity contribution >= 4 is 23.6 Å². The molecule has 0 fully saturated rings. The zero-order chi connectivity index (χ0) is 39.1. The number of nitrogens with zero attached hydrogens (tertiary/aromatic N) is 3. The zero-order valence-electron chi connectivity index (χ0n) is 31.7. The number of halogens is 2. The molecule has 0 aliphatic rings. The van der Waals surface area contributed by atoms with Crippen molar-refractivity contribution in [2.75, 3.05) is 39.8 Å². The van der Waals surface area contributed by atoms with Gasteiger partial charge in [-0.15, -0.1) is 0 Å². The fourth-order valence-electron chi connectivity index (χ4n) is 6.32. The molecule has 1 heterocycles. The summed E-state index contributed by atoms with van der Waals surface area (Å²) in [4.78, 5) is 53.4. The maximum atomic E-state index is 15.0. The maximum absolute atomic E-state index is 15.0. The van der Waals surface area contributed by atoms with Crippen LogP contribution in [-0.2, 0) is 25.7 Å². The van der Waals surface area contributed by atoms with Crippen LogP contribution < -0.4 is 16.4 Å². The highest BCUT2D eigenvalue weighted by Crippen LogP contribution is 2.41. The van der Waals surface area contributed by atoms with Gasteiger partial charge in [0, 0.05) is 75.6 Å². The van der Waals surface area contributed by atoms with Crippen molar-refractivity contribution in [3.8, 4) is 11.1 Å². The van der Waals surface area contributed by atoms with Crippen LogP contribution in [0.25, 0.3) is 11.1 Å². The Balaban J connectivity index is 1.68. The largest absolute Gasteiger partial charge is 0.387 e. The molecule has 4 amide bonds. The number of rotatable bonds is 20. The summed E-state index contributed by atoms with van der Waals surface area (Å²) in [7, 11) is 1.77. The number of aromatic nitrogens is 1. The highest BCUT2D eigenvalue weighted by Gasteiger charge is 2.37. The minimum atomic E-state index is -0.994. The van der Waals surface area contributed by atoms with E-state index in [1.165, 1.54) is 4.90 Å². The summed E-state index contributed by atoms with van der Waals surface area (Å²) in [6.45, 7) is 8.29. The van der Waals surface area contributed by atoms with Gasteiger partial charge < -0.3 is 35.8 Å². The van der Waals surface area contributed by atoms with Gasteiger partial charge in [0.15, 0.2) is 0 Å². The quantitative estimate of drug-likeness (QED) is 0.123. The number of nitrogens with one attached hydrogen (secondary N) is 2. The monoisotopic (exact) mass is 738 g/mol. The van der Waals surface area contributed by atoms with Crippen LogP contribution in [0, 0.1) is 17.0 Å². The summed E-state index contributed by atoms with van der Waals surface area (Å²) < 4.78 is 31.2. The van der Waals surface area contributed by atoms with Crippen LogP contribution in [0.4, 0.5) is 8.78 Å². The SMILES string of the molecule is CCC(=O)N(C)CCCCCC(=O)NCCNC(=O)C(N)CCN(C(=O)CO)C(c1cc(-c2cc(F)ccc2F)cn1Cc1ccccc1)C(C)(C)C. The van der Waals surface area contributed by atoms with Crippen LogP contribution in [0.15, 0.2) is 60.8 Å². The van der Waals surface area contributed by atoms with Gasteiger partial charge in [-0.1, -0.05) is 64.4 Å². The van der Waals surface area contributed by atoms with Crippen LogP contribution in [0.2, 0.25) is 0 Å². The lowest BCUT2D eigenvalue weighted by atomic mass is 9.82. The van der Waals surface area contributed by atoms with E-state index in [2.05, 4.69) is 10.6 Å². The van der Waals surface area contributed by atoms with Crippen LogP contribution >= 0.6 is 0 Å². The molecule has 13 heteroatoms. The summed E-state index contributed by atoms with van der Waals surface area (Å²) in [6.07, 6.45) is 4.94. The number of amides is 4. The molecule has 0 radical (unpaired) electrons. The molecule has 0 aliphatic carbocycles. The van der Waals surface area contributed by atoms with Gasteiger partial charge in [0.1, 0.15) is 18.2 Å². The van der Waals surface area contributed by atoms with Crippen molar-refractivity contribution in [2.45, 2.75) is 84.8 Å².